The van der Waals surface area contributed by atoms with Crippen LogP contribution in [-0.2, 0) is 0 Å². The normalized spacial score (nSPS) is 10.0. The highest BCUT2D eigenvalue weighted by Gasteiger charge is 2.09. The van der Waals surface area contributed by atoms with Crippen LogP contribution in [0.3, 0.4) is 0 Å². The molecule has 0 spiro atoms. The van der Waals surface area contributed by atoms with Crippen LogP contribution in [0.2, 0.25) is 0 Å². The van der Waals surface area contributed by atoms with Crippen LogP contribution in [0.25, 0.3) is 0 Å². The molecule has 2 N–H and O–H groups in total. The number of amides is 1. The Balaban J connectivity index is 2.00. The zero-order valence-corrected chi connectivity index (χ0v) is 14.1. The second-order valence-electron chi connectivity index (χ2n) is 4.74. The van der Waals surface area contributed by atoms with Gasteiger partial charge in [0, 0.05) is 15.7 Å². The van der Waals surface area contributed by atoms with E-state index in [2.05, 4.69) is 26.6 Å². The van der Waals surface area contributed by atoms with Crippen molar-refractivity contribution in [2.24, 2.45) is 0 Å². The SMILES string of the molecule is Cc1ccc(NC(=S)NC(=O)c2ccc(C)c(Br)c2)cc1. The van der Waals surface area contributed by atoms with Gasteiger partial charge in [0.05, 0.1) is 0 Å². The summed E-state index contributed by atoms with van der Waals surface area (Å²) in [7, 11) is 0. The smallest absolute Gasteiger partial charge is 0.257 e. The van der Waals surface area contributed by atoms with E-state index in [1.807, 2.05) is 44.2 Å². The number of rotatable bonds is 2. The Hall–Kier alpha value is -1.72. The first-order valence-corrected chi connectivity index (χ1v) is 7.61. The van der Waals surface area contributed by atoms with Crippen LogP contribution in [0.1, 0.15) is 21.5 Å². The van der Waals surface area contributed by atoms with Gasteiger partial charge in [-0.1, -0.05) is 39.7 Å². The van der Waals surface area contributed by atoms with Gasteiger partial charge in [-0.05, 0) is 55.9 Å². The molecule has 0 bridgehead atoms. The van der Waals surface area contributed by atoms with Crippen molar-refractivity contribution in [1.82, 2.24) is 5.32 Å². The molecule has 0 aromatic heterocycles. The minimum Gasteiger partial charge on any atom is -0.332 e. The maximum atomic E-state index is 12.1. The summed E-state index contributed by atoms with van der Waals surface area (Å²) in [4.78, 5) is 12.1. The third-order valence-corrected chi connectivity index (χ3v) is 4.03. The molecule has 0 unspecified atom stereocenters. The summed E-state index contributed by atoms with van der Waals surface area (Å²) >= 11 is 8.56. The third kappa shape index (κ3) is 4.37. The zero-order valence-electron chi connectivity index (χ0n) is 11.7. The molecule has 0 aliphatic heterocycles. The molecule has 108 valence electrons. The van der Waals surface area contributed by atoms with E-state index in [0.29, 0.717) is 5.56 Å². The molecule has 0 fully saturated rings. The van der Waals surface area contributed by atoms with Crippen molar-refractivity contribution in [1.29, 1.82) is 0 Å². The highest BCUT2D eigenvalue weighted by molar-refractivity contribution is 9.10. The molecule has 5 heteroatoms. The first-order chi connectivity index (χ1) is 9.95. The van der Waals surface area contributed by atoms with Gasteiger partial charge in [0.15, 0.2) is 5.11 Å². The number of anilines is 1. The van der Waals surface area contributed by atoms with Crippen LogP contribution >= 0.6 is 28.1 Å². The molecule has 21 heavy (non-hydrogen) atoms. The molecule has 1 amide bonds. The van der Waals surface area contributed by atoms with E-state index in [1.165, 1.54) is 5.56 Å². The largest absolute Gasteiger partial charge is 0.332 e. The Bertz CT molecular complexity index is 683. The number of aryl methyl sites for hydroxylation is 2. The number of halogens is 1. The Morgan fingerprint density at radius 2 is 1.76 bits per heavy atom. The molecular formula is C16H15BrN2OS. The quantitative estimate of drug-likeness (QED) is 0.786. The third-order valence-electron chi connectivity index (χ3n) is 2.97. The lowest BCUT2D eigenvalue weighted by Crippen LogP contribution is -2.34. The second-order valence-corrected chi connectivity index (χ2v) is 6.00. The summed E-state index contributed by atoms with van der Waals surface area (Å²) in [5, 5.41) is 5.93. The van der Waals surface area contributed by atoms with E-state index in [4.69, 9.17) is 12.2 Å². The zero-order chi connectivity index (χ0) is 15.4. The lowest BCUT2D eigenvalue weighted by molar-refractivity contribution is 0.0977. The molecule has 0 radical (unpaired) electrons. The number of hydrogen-bond donors (Lipinski definition) is 2. The van der Waals surface area contributed by atoms with Crippen molar-refractivity contribution >= 4 is 44.9 Å². The fourth-order valence-electron chi connectivity index (χ4n) is 1.71. The first-order valence-electron chi connectivity index (χ1n) is 6.41. The molecule has 0 saturated carbocycles. The van der Waals surface area contributed by atoms with Gasteiger partial charge in [-0.15, -0.1) is 0 Å². The van der Waals surface area contributed by atoms with E-state index < -0.39 is 0 Å². The number of thiocarbonyl (C=S) groups is 1. The number of carbonyl (C=O) groups is 1. The van der Waals surface area contributed by atoms with E-state index >= 15 is 0 Å². The van der Waals surface area contributed by atoms with Crippen molar-refractivity contribution in [2.75, 3.05) is 5.32 Å². The van der Waals surface area contributed by atoms with Crippen molar-refractivity contribution in [3.05, 3.63) is 63.6 Å². The fraction of sp³-hybridized carbons (Fsp3) is 0.125. The second kappa shape index (κ2) is 6.83. The van der Waals surface area contributed by atoms with Crippen LogP contribution in [0.4, 0.5) is 5.69 Å². The predicted molar refractivity (Wildman–Crippen MR) is 93.7 cm³/mol. The summed E-state index contributed by atoms with van der Waals surface area (Å²) < 4.78 is 0.896. The average Bonchev–Trinajstić information content (AvgIpc) is 2.44. The molecule has 2 aromatic rings. The molecular weight excluding hydrogens is 348 g/mol. The van der Waals surface area contributed by atoms with Gasteiger partial charge in [-0.3, -0.25) is 10.1 Å². The lowest BCUT2D eigenvalue weighted by Gasteiger charge is -2.10. The molecule has 0 saturated heterocycles. The molecule has 3 nitrogen and oxygen atoms in total. The van der Waals surface area contributed by atoms with Crippen molar-refractivity contribution in [3.8, 4) is 0 Å². The Labute approximate surface area is 137 Å². The number of benzene rings is 2. The Morgan fingerprint density at radius 1 is 1.10 bits per heavy atom. The van der Waals surface area contributed by atoms with Crippen molar-refractivity contribution in [3.63, 3.8) is 0 Å². The van der Waals surface area contributed by atoms with Gasteiger partial charge in [0.25, 0.3) is 5.91 Å². The first kappa shape index (κ1) is 15.7. The number of hydrogen-bond acceptors (Lipinski definition) is 2. The van der Waals surface area contributed by atoms with E-state index in [0.717, 1.165) is 15.7 Å². The summed E-state index contributed by atoms with van der Waals surface area (Å²) in [6, 6.07) is 13.2. The Kier molecular flexibility index (Phi) is 5.09. The fourth-order valence-corrected chi connectivity index (χ4v) is 2.30. The van der Waals surface area contributed by atoms with E-state index in [1.54, 1.807) is 12.1 Å². The maximum absolute atomic E-state index is 12.1. The Morgan fingerprint density at radius 3 is 2.38 bits per heavy atom. The van der Waals surface area contributed by atoms with Crippen LogP contribution in [0, 0.1) is 13.8 Å². The number of carbonyl (C=O) groups excluding carboxylic acids is 1. The van der Waals surface area contributed by atoms with Crippen LogP contribution in [0.5, 0.6) is 0 Å². The van der Waals surface area contributed by atoms with Gasteiger partial charge >= 0.3 is 0 Å². The van der Waals surface area contributed by atoms with Gasteiger partial charge in [0.2, 0.25) is 0 Å². The van der Waals surface area contributed by atoms with Gasteiger partial charge in [-0.25, -0.2) is 0 Å². The number of nitrogens with one attached hydrogen (secondary N) is 2. The van der Waals surface area contributed by atoms with Crippen LogP contribution in [0.15, 0.2) is 46.9 Å². The molecule has 0 atom stereocenters. The highest BCUT2D eigenvalue weighted by atomic mass is 79.9. The molecule has 2 aromatic carbocycles. The average molecular weight is 363 g/mol. The summed E-state index contributed by atoms with van der Waals surface area (Å²) in [5.41, 5.74) is 3.64. The molecule has 0 aliphatic carbocycles. The van der Waals surface area contributed by atoms with E-state index in [9.17, 15) is 4.79 Å². The van der Waals surface area contributed by atoms with Crippen molar-refractivity contribution < 1.29 is 4.79 Å². The van der Waals surface area contributed by atoms with Gasteiger partial charge in [0.1, 0.15) is 0 Å². The van der Waals surface area contributed by atoms with Crippen LogP contribution < -0.4 is 10.6 Å². The standard InChI is InChI=1S/C16H15BrN2OS/c1-10-3-7-13(8-4-10)18-16(21)19-15(20)12-6-5-11(2)14(17)9-12/h3-9H,1-2H3,(H2,18,19,20,21). The monoisotopic (exact) mass is 362 g/mol. The lowest BCUT2D eigenvalue weighted by atomic mass is 10.1. The molecule has 0 heterocycles. The van der Waals surface area contributed by atoms with E-state index in [-0.39, 0.29) is 11.0 Å². The predicted octanol–water partition coefficient (Wildman–Crippen LogP) is 4.19. The maximum Gasteiger partial charge on any atom is 0.257 e. The minimum absolute atomic E-state index is 0.236. The molecule has 0 aliphatic rings. The molecule has 2 rings (SSSR count). The van der Waals surface area contributed by atoms with Gasteiger partial charge in [-0.2, -0.15) is 0 Å². The van der Waals surface area contributed by atoms with Crippen LogP contribution in [-0.4, -0.2) is 11.0 Å². The summed E-state index contributed by atoms with van der Waals surface area (Å²) in [6.45, 7) is 3.98. The van der Waals surface area contributed by atoms with Crippen molar-refractivity contribution in [2.45, 2.75) is 13.8 Å². The topological polar surface area (TPSA) is 41.1 Å². The summed E-state index contributed by atoms with van der Waals surface area (Å²) in [6.07, 6.45) is 0. The minimum atomic E-state index is -0.236. The summed E-state index contributed by atoms with van der Waals surface area (Å²) in [5.74, 6) is -0.236. The highest BCUT2D eigenvalue weighted by Crippen LogP contribution is 2.17. The van der Waals surface area contributed by atoms with Gasteiger partial charge < -0.3 is 5.32 Å².